The van der Waals surface area contributed by atoms with E-state index in [0.717, 1.165) is 16.7 Å². The number of rotatable bonds is 0. The van der Waals surface area contributed by atoms with Gasteiger partial charge in [-0.05, 0) is 55.7 Å². The van der Waals surface area contributed by atoms with Crippen LogP contribution >= 0.6 is 0 Å². The first-order valence-electron chi connectivity index (χ1n) is 11.3. The fourth-order valence-electron chi connectivity index (χ4n) is 3.52. The maximum absolute atomic E-state index is 15.5. The van der Waals surface area contributed by atoms with E-state index in [4.69, 9.17) is 0 Å². The zero-order valence-corrected chi connectivity index (χ0v) is 20.1. The molecule has 0 bridgehead atoms. The summed E-state index contributed by atoms with van der Waals surface area (Å²) < 4.78 is 46.4. The van der Waals surface area contributed by atoms with E-state index in [1.165, 1.54) is 0 Å². The maximum Gasteiger partial charge on any atom is 0.160 e. The fourth-order valence-corrected chi connectivity index (χ4v) is 3.52. The van der Waals surface area contributed by atoms with Gasteiger partial charge in [0, 0.05) is 16.7 Å². The van der Waals surface area contributed by atoms with Crippen LogP contribution in [0.5, 0.6) is 0 Å². The lowest BCUT2D eigenvalue weighted by molar-refractivity contribution is 0.531. The number of aryl methyl sites for hydroxylation is 3. The van der Waals surface area contributed by atoms with E-state index in [1.807, 2.05) is 57.2 Å². The minimum atomic E-state index is -1.14. The van der Waals surface area contributed by atoms with E-state index in [1.54, 1.807) is 36.4 Å². The molecule has 0 atom stereocenters. The first-order valence-corrected chi connectivity index (χ1v) is 11.3. The van der Waals surface area contributed by atoms with Gasteiger partial charge in [0.25, 0.3) is 0 Å². The van der Waals surface area contributed by atoms with E-state index < -0.39 is 34.1 Å². The summed E-state index contributed by atoms with van der Waals surface area (Å²) in [5, 5.41) is 0. The lowest BCUT2D eigenvalue weighted by Gasteiger charge is -2.07. The van der Waals surface area contributed by atoms with Crippen LogP contribution in [-0.2, 0) is 0 Å². The van der Waals surface area contributed by atoms with Crippen LogP contribution in [0.3, 0.4) is 0 Å². The van der Waals surface area contributed by atoms with Gasteiger partial charge in [0.1, 0.15) is 0 Å². The van der Waals surface area contributed by atoms with Crippen molar-refractivity contribution in [3.05, 3.63) is 140 Å². The molecule has 0 saturated heterocycles. The molecule has 0 N–H and O–H groups in total. The van der Waals surface area contributed by atoms with Crippen molar-refractivity contribution in [2.24, 2.45) is 0 Å². The van der Waals surface area contributed by atoms with Gasteiger partial charge in [0.05, 0.1) is 16.7 Å². The van der Waals surface area contributed by atoms with Crippen LogP contribution in [0.2, 0.25) is 0 Å². The van der Waals surface area contributed by atoms with E-state index >= 15 is 13.2 Å². The minimum absolute atomic E-state index is 0.567. The average Bonchev–Trinajstić information content (AvgIpc) is 2.87. The summed E-state index contributed by atoms with van der Waals surface area (Å²) in [5.74, 6) is 12.7. The molecule has 4 rings (SSSR count). The average molecular weight is 475 g/mol. The maximum atomic E-state index is 15.5. The van der Waals surface area contributed by atoms with Crippen LogP contribution in [0.1, 0.15) is 50.1 Å². The van der Waals surface area contributed by atoms with E-state index in [9.17, 15) is 0 Å². The topological polar surface area (TPSA) is 0 Å². The molecule has 0 aromatic heterocycles. The molecule has 0 amide bonds. The third-order valence-electron chi connectivity index (χ3n) is 5.72. The standard InChI is InChI=1S/C33H21F3/c1-22-10-4-7-13-25(22)16-19-28-31(34)29(20-17-26-14-8-5-11-23(26)2)33(36)30(32(28)35)21-18-27-15-9-6-12-24(27)3/h4-15H,1-3H3. The van der Waals surface area contributed by atoms with Crippen LogP contribution in [0.4, 0.5) is 13.2 Å². The second-order valence-corrected chi connectivity index (χ2v) is 8.26. The van der Waals surface area contributed by atoms with Gasteiger partial charge < -0.3 is 0 Å². The molecule has 0 radical (unpaired) electrons. The fraction of sp³-hybridized carbons (Fsp3) is 0.0909. The molecule has 0 unspecified atom stereocenters. The molecule has 0 nitrogen and oxygen atoms in total. The summed E-state index contributed by atoms with van der Waals surface area (Å²) in [5.41, 5.74) is 2.70. The highest BCUT2D eigenvalue weighted by molar-refractivity contribution is 5.59. The Bertz CT molecular complexity index is 1440. The Morgan fingerprint density at radius 2 is 0.639 bits per heavy atom. The SMILES string of the molecule is Cc1ccccc1C#Cc1c(F)c(C#Cc2ccccc2C)c(F)c(C#Cc2ccccc2C)c1F. The number of benzene rings is 4. The number of hydrogen-bond donors (Lipinski definition) is 0. The Morgan fingerprint density at radius 1 is 0.389 bits per heavy atom. The van der Waals surface area contributed by atoms with Gasteiger partial charge in [-0.3, -0.25) is 0 Å². The molecule has 3 heteroatoms. The quantitative estimate of drug-likeness (QED) is 0.236. The van der Waals surface area contributed by atoms with Crippen LogP contribution in [0, 0.1) is 73.7 Å². The zero-order chi connectivity index (χ0) is 25.7. The highest BCUT2D eigenvalue weighted by Gasteiger charge is 2.23. The smallest absolute Gasteiger partial charge is 0.160 e. The minimum Gasteiger partial charge on any atom is -0.204 e. The molecule has 0 heterocycles. The van der Waals surface area contributed by atoms with Gasteiger partial charge in [-0.1, -0.05) is 90.1 Å². The molecule has 174 valence electrons. The zero-order valence-electron chi connectivity index (χ0n) is 20.1. The molecule has 4 aromatic rings. The third-order valence-corrected chi connectivity index (χ3v) is 5.72. The van der Waals surface area contributed by atoms with Gasteiger partial charge >= 0.3 is 0 Å². The Morgan fingerprint density at radius 3 is 0.889 bits per heavy atom. The van der Waals surface area contributed by atoms with Crippen molar-refractivity contribution < 1.29 is 13.2 Å². The van der Waals surface area contributed by atoms with Crippen molar-refractivity contribution >= 4 is 0 Å². The molecular formula is C33H21F3. The molecular weight excluding hydrogens is 453 g/mol. The normalized spacial score (nSPS) is 9.83. The predicted molar refractivity (Wildman–Crippen MR) is 138 cm³/mol. The summed E-state index contributed by atoms with van der Waals surface area (Å²) in [4.78, 5) is 0. The Balaban J connectivity index is 1.94. The summed E-state index contributed by atoms with van der Waals surface area (Å²) in [6, 6.07) is 21.7. The van der Waals surface area contributed by atoms with Crippen LogP contribution in [-0.4, -0.2) is 0 Å². The lowest BCUT2D eigenvalue weighted by Crippen LogP contribution is -2.05. The van der Waals surface area contributed by atoms with Crippen molar-refractivity contribution in [2.45, 2.75) is 20.8 Å². The first-order chi connectivity index (χ1) is 17.4. The molecule has 0 aliphatic heterocycles. The highest BCUT2D eigenvalue weighted by Crippen LogP contribution is 2.25. The van der Waals surface area contributed by atoms with Gasteiger partial charge in [-0.15, -0.1) is 0 Å². The molecule has 4 aromatic carbocycles. The molecule has 0 saturated carbocycles. The predicted octanol–water partition coefficient (Wildman–Crippen LogP) is 7.23. The van der Waals surface area contributed by atoms with E-state index in [-0.39, 0.29) is 0 Å². The van der Waals surface area contributed by atoms with Crippen LogP contribution in [0.25, 0.3) is 0 Å². The summed E-state index contributed by atoms with van der Waals surface area (Å²) in [6.45, 7) is 5.54. The van der Waals surface area contributed by atoms with Gasteiger partial charge in [0.2, 0.25) is 0 Å². The molecule has 0 spiro atoms. The molecule has 0 aliphatic carbocycles. The van der Waals surface area contributed by atoms with Gasteiger partial charge in [-0.2, -0.15) is 0 Å². The highest BCUT2D eigenvalue weighted by atomic mass is 19.1. The van der Waals surface area contributed by atoms with E-state index in [2.05, 4.69) is 35.5 Å². The molecule has 36 heavy (non-hydrogen) atoms. The number of hydrogen-bond acceptors (Lipinski definition) is 0. The van der Waals surface area contributed by atoms with Gasteiger partial charge in [-0.25, -0.2) is 13.2 Å². The lowest BCUT2D eigenvalue weighted by atomic mass is 10.0. The molecule has 0 fully saturated rings. The van der Waals surface area contributed by atoms with Crippen molar-refractivity contribution in [1.82, 2.24) is 0 Å². The van der Waals surface area contributed by atoms with Crippen molar-refractivity contribution in [3.63, 3.8) is 0 Å². The van der Waals surface area contributed by atoms with Crippen molar-refractivity contribution in [1.29, 1.82) is 0 Å². The Labute approximate surface area is 209 Å². The van der Waals surface area contributed by atoms with Crippen molar-refractivity contribution in [3.8, 4) is 35.5 Å². The monoisotopic (exact) mass is 474 g/mol. The summed E-state index contributed by atoms with van der Waals surface area (Å²) in [7, 11) is 0. The Kier molecular flexibility index (Phi) is 7.30. The van der Waals surface area contributed by atoms with E-state index in [0.29, 0.717) is 16.7 Å². The largest absolute Gasteiger partial charge is 0.204 e. The Hall–Kier alpha value is -4.65. The van der Waals surface area contributed by atoms with Gasteiger partial charge in [0.15, 0.2) is 17.5 Å². The number of halogens is 3. The van der Waals surface area contributed by atoms with Crippen LogP contribution < -0.4 is 0 Å². The third kappa shape index (κ3) is 5.20. The second-order valence-electron chi connectivity index (χ2n) is 8.26. The van der Waals surface area contributed by atoms with Crippen LogP contribution in [0.15, 0.2) is 72.8 Å². The summed E-state index contributed by atoms with van der Waals surface area (Å²) >= 11 is 0. The van der Waals surface area contributed by atoms with Crippen molar-refractivity contribution in [2.75, 3.05) is 0 Å². The second kappa shape index (κ2) is 10.7. The molecule has 0 aliphatic rings. The summed E-state index contributed by atoms with van der Waals surface area (Å²) in [6.07, 6.45) is 0. The first kappa shape index (κ1) is 24.5.